The zero-order chi connectivity index (χ0) is 10.2. The quantitative estimate of drug-likeness (QED) is 0.718. The molecule has 86 valence electrons. The highest BCUT2D eigenvalue weighted by atomic mass is 32.2. The first kappa shape index (κ1) is 14.7. The Balaban J connectivity index is 0.00000196. The van der Waals surface area contributed by atoms with Gasteiger partial charge in [0.05, 0.1) is 6.61 Å². The summed E-state index contributed by atoms with van der Waals surface area (Å²) in [4.78, 5) is 0. The lowest BCUT2D eigenvalue weighted by molar-refractivity contribution is 0.122. The van der Waals surface area contributed by atoms with Crippen LogP contribution in [0.4, 0.5) is 0 Å². The lowest BCUT2D eigenvalue weighted by atomic mass is 10.2. The van der Waals surface area contributed by atoms with Crippen LogP contribution in [0.15, 0.2) is 30.3 Å². The summed E-state index contributed by atoms with van der Waals surface area (Å²) < 4.78 is 16.2. The molecule has 0 aliphatic carbocycles. The summed E-state index contributed by atoms with van der Waals surface area (Å²) in [5.41, 5.74) is 1.19. The monoisotopic (exact) mass is 246 g/mol. The number of ether oxygens (including phenoxy) is 1. The van der Waals surface area contributed by atoms with Gasteiger partial charge in [-0.3, -0.25) is 4.21 Å². The van der Waals surface area contributed by atoms with Crippen LogP contribution in [0.3, 0.4) is 0 Å². The molecule has 0 aliphatic rings. The Morgan fingerprint density at radius 1 is 1.27 bits per heavy atom. The van der Waals surface area contributed by atoms with E-state index in [1.807, 2.05) is 30.3 Å². The Hall–Kier alpha value is -0.320. The van der Waals surface area contributed by atoms with E-state index < -0.39 is 10.8 Å². The van der Waals surface area contributed by atoms with Crippen LogP contribution in [0, 0.1) is 0 Å². The third kappa shape index (κ3) is 7.59. The highest BCUT2D eigenvalue weighted by Crippen LogP contribution is 2.00. The van der Waals surface area contributed by atoms with Crippen LogP contribution in [0.2, 0.25) is 0 Å². The third-order valence-electron chi connectivity index (χ3n) is 1.83. The third-order valence-corrected chi connectivity index (χ3v) is 2.70. The smallest absolute Gasteiger partial charge is 0.0716 e. The Bertz CT molecular complexity index is 275. The van der Waals surface area contributed by atoms with Gasteiger partial charge in [-0.15, -0.1) is 0 Å². The molecule has 0 spiro atoms. The summed E-state index contributed by atoms with van der Waals surface area (Å²) >= 11 is 0. The lowest BCUT2D eigenvalue weighted by Gasteiger charge is -2.02. The highest BCUT2D eigenvalue weighted by Gasteiger charge is 1.93. The van der Waals surface area contributed by atoms with Gasteiger partial charge in [0.1, 0.15) is 0 Å². The van der Waals surface area contributed by atoms with Gasteiger partial charge in [0.2, 0.25) is 0 Å². The molecular formula is C11H18O2S2. The fourth-order valence-corrected chi connectivity index (χ4v) is 1.65. The molecule has 1 rings (SSSR count). The van der Waals surface area contributed by atoms with Gasteiger partial charge in [0.15, 0.2) is 0 Å². The summed E-state index contributed by atoms with van der Waals surface area (Å²) in [6, 6.07) is 10.1. The van der Waals surface area contributed by atoms with Gasteiger partial charge < -0.3 is 4.74 Å². The number of benzene rings is 1. The fourth-order valence-electron chi connectivity index (χ4n) is 1.13. The van der Waals surface area contributed by atoms with Crippen molar-refractivity contribution in [3.05, 3.63) is 35.9 Å². The Labute approximate surface area is 101 Å². The topological polar surface area (TPSA) is 26.3 Å². The van der Waals surface area contributed by atoms with Gasteiger partial charge >= 0.3 is 0 Å². The average Bonchev–Trinajstić information content (AvgIpc) is 2.18. The average molecular weight is 246 g/mol. The maximum absolute atomic E-state index is 10.7. The molecule has 0 aromatic heterocycles. The first-order valence-corrected chi connectivity index (χ1v) is 6.43. The van der Waals surface area contributed by atoms with E-state index in [4.69, 9.17) is 4.74 Å². The molecule has 0 amide bonds. The van der Waals surface area contributed by atoms with Crippen LogP contribution in [-0.4, -0.2) is 22.8 Å². The van der Waals surface area contributed by atoms with Crippen molar-refractivity contribution in [3.8, 4) is 0 Å². The largest absolute Gasteiger partial charge is 0.377 e. The van der Waals surface area contributed by atoms with E-state index in [9.17, 15) is 4.21 Å². The minimum absolute atomic E-state index is 0. The zero-order valence-corrected chi connectivity index (χ0v) is 10.8. The van der Waals surface area contributed by atoms with Gasteiger partial charge in [-0.25, -0.2) is 0 Å². The van der Waals surface area contributed by atoms with Crippen molar-refractivity contribution in [1.29, 1.82) is 0 Å². The number of rotatable bonds is 6. The predicted molar refractivity (Wildman–Crippen MR) is 70.0 cm³/mol. The SMILES string of the molecule is C[S@](=O)CCCOCc1ccccc1.S. The van der Waals surface area contributed by atoms with Crippen LogP contribution in [-0.2, 0) is 22.1 Å². The standard InChI is InChI=1S/C11H16O2S.H2S/c1-14(12)9-5-8-13-10-11-6-3-2-4-7-11;/h2-4,6-7H,5,8-10H2,1H3;1H2/t14-;/m0./s1. The first-order chi connectivity index (χ1) is 6.79. The molecule has 1 atom stereocenters. The minimum Gasteiger partial charge on any atom is -0.377 e. The highest BCUT2D eigenvalue weighted by molar-refractivity contribution is 7.84. The molecule has 1 aromatic carbocycles. The van der Waals surface area contributed by atoms with Crippen molar-refractivity contribution in [1.82, 2.24) is 0 Å². The van der Waals surface area contributed by atoms with Crippen LogP contribution in [0.5, 0.6) is 0 Å². The molecule has 0 heterocycles. The molecule has 0 bridgehead atoms. The van der Waals surface area contributed by atoms with E-state index >= 15 is 0 Å². The van der Waals surface area contributed by atoms with Gasteiger partial charge in [-0.05, 0) is 12.0 Å². The molecule has 0 saturated heterocycles. The van der Waals surface area contributed by atoms with Gasteiger partial charge in [-0.2, -0.15) is 13.5 Å². The fraction of sp³-hybridized carbons (Fsp3) is 0.455. The zero-order valence-electron chi connectivity index (χ0n) is 8.94. The first-order valence-electron chi connectivity index (χ1n) is 4.71. The number of hydrogen-bond acceptors (Lipinski definition) is 2. The predicted octanol–water partition coefficient (Wildman–Crippen LogP) is 2.08. The van der Waals surface area contributed by atoms with E-state index in [1.54, 1.807) is 6.26 Å². The molecule has 1 aromatic rings. The number of hydrogen-bond donors (Lipinski definition) is 0. The normalized spacial score (nSPS) is 11.8. The lowest BCUT2D eigenvalue weighted by Crippen LogP contribution is -2.01. The summed E-state index contributed by atoms with van der Waals surface area (Å²) in [5.74, 6) is 0.731. The molecule has 0 unspecified atom stereocenters. The minimum atomic E-state index is -0.694. The van der Waals surface area contributed by atoms with Gasteiger partial charge in [0.25, 0.3) is 0 Å². The Morgan fingerprint density at radius 3 is 2.53 bits per heavy atom. The van der Waals surface area contributed by atoms with Crippen molar-refractivity contribution in [2.75, 3.05) is 18.6 Å². The maximum Gasteiger partial charge on any atom is 0.0716 e. The molecule has 0 saturated carbocycles. The second kappa shape index (κ2) is 8.95. The maximum atomic E-state index is 10.7. The summed E-state index contributed by atoms with van der Waals surface area (Å²) in [5, 5.41) is 0. The van der Waals surface area contributed by atoms with E-state index in [0.29, 0.717) is 13.2 Å². The van der Waals surface area contributed by atoms with Gasteiger partial charge in [-0.1, -0.05) is 30.3 Å². The van der Waals surface area contributed by atoms with Crippen molar-refractivity contribution < 1.29 is 8.95 Å². The van der Waals surface area contributed by atoms with E-state index in [-0.39, 0.29) is 13.5 Å². The van der Waals surface area contributed by atoms with Crippen LogP contribution in [0.1, 0.15) is 12.0 Å². The second-order valence-electron chi connectivity index (χ2n) is 3.17. The Kier molecular flexibility index (Phi) is 8.76. The van der Waals surface area contributed by atoms with Crippen LogP contribution < -0.4 is 0 Å². The van der Waals surface area contributed by atoms with Crippen molar-refractivity contribution in [2.45, 2.75) is 13.0 Å². The van der Waals surface area contributed by atoms with Crippen LogP contribution in [0.25, 0.3) is 0 Å². The molecule has 0 N–H and O–H groups in total. The molecule has 0 fully saturated rings. The second-order valence-corrected chi connectivity index (χ2v) is 4.72. The molecule has 15 heavy (non-hydrogen) atoms. The molecule has 4 heteroatoms. The Morgan fingerprint density at radius 2 is 1.93 bits per heavy atom. The van der Waals surface area contributed by atoms with Crippen LogP contribution >= 0.6 is 13.5 Å². The molecular weight excluding hydrogens is 228 g/mol. The van der Waals surface area contributed by atoms with E-state index in [0.717, 1.165) is 12.2 Å². The summed E-state index contributed by atoms with van der Waals surface area (Å²) in [6.45, 7) is 1.34. The van der Waals surface area contributed by atoms with Crippen molar-refractivity contribution in [3.63, 3.8) is 0 Å². The van der Waals surface area contributed by atoms with Crippen molar-refractivity contribution in [2.24, 2.45) is 0 Å². The van der Waals surface area contributed by atoms with E-state index in [1.165, 1.54) is 5.56 Å². The molecule has 0 radical (unpaired) electrons. The van der Waals surface area contributed by atoms with Gasteiger partial charge in [0, 0.05) is 29.4 Å². The summed E-state index contributed by atoms with van der Waals surface area (Å²) in [7, 11) is -0.694. The molecule has 2 nitrogen and oxygen atoms in total. The summed E-state index contributed by atoms with van der Waals surface area (Å²) in [6.07, 6.45) is 2.59. The molecule has 0 aliphatic heterocycles. The van der Waals surface area contributed by atoms with E-state index in [2.05, 4.69) is 0 Å². The van der Waals surface area contributed by atoms with Crippen molar-refractivity contribution >= 4 is 24.3 Å².